The van der Waals surface area contributed by atoms with Crippen LogP contribution in [0.15, 0.2) is 21.5 Å². The van der Waals surface area contributed by atoms with Crippen molar-refractivity contribution in [1.29, 1.82) is 0 Å². The average molecular weight is 253 g/mol. The van der Waals surface area contributed by atoms with Crippen LogP contribution in [0.1, 0.15) is 0 Å². The number of anilines is 1. The minimum absolute atomic E-state index is 0.721. The molecular weight excluding hydrogens is 246 g/mol. The summed E-state index contributed by atoms with van der Waals surface area (Å²) in [6.07, 6.45) is 1.97. The van der Waals surface area contributed by atoms with Crippen LogP contribution in [0.5, 0.6) is 0 Å². The van der Waals surface area contributed by atoms with E-state index in [4.69, 9.17) is 17.3 Å². The summed E-state index contributed by atoms with van der Waals surface area (Å²) in [5.41, 5.74) is 6.37. The van der Waals surface area contributed by atoms with Crippen LogP contribution in [-0.2, 0) is 0 Å². The lowest BCUT2D eigenvalue weighted by atomic mass is 10.3. The first kappa shape index (κ1) is 9.23. The van der Waals surface area contributed by atoms with Crippen LogP contribution in [0, 0.1) is 0 Å². The zero-order valence-electron chi connectivity index (χ0n) is 5.90. The van der Waals surface area contributed by atoms with E-state index in [1.165, 1.54) is 0 Å². The predicted octanol–water partition coefficient (Wildman–Crippen LogP) is 3.41. The Morgan fingerprint density at radius 3 is 2.73 bits per heavy atom. The van der Waals surface area contributed by atoms with Gasteiger partial charge in [-0.15, -0.1) is 11.8 Å². The van der Waals surface area contributed by atoms with Gasteiger partial charge < -0.3 is 5.73 Å². The Bertz CT molecular complexity index is 277. The van der Waals surface area contributed by atoms with E-state index in [2.05, 4.69) is 15.9 Å². The lowest BCUT2D eigenvalue weighted by molar-refractivity contribution is 1.44. The molecule has 0 spiro atoms. The highest BCUT2D eigenvalue weighted by Crippen LogP contribution is 2.32. The van der Waals surface area contributed by atoms with E-state index in [9.17, 15) is 0 Å². The van der Waals surface area contributed by atoms with Crippen LogP contribution < -0.4 is 5.73 Å². The number of benzene rings is 1. The maximum Gasteiger partial charge on any atom is 0.0554 e. The first-order valence-corrected chi connectivity index (χ1v) is 5.33. The zero-order valence-corrected chi connectivity index (χ0v) is 9.05. The third-order valence-corrected chi connectivity index (χ3v) is 3.16. The average Bonchev–Trinajstić information content (AvgIpc) is 1.97. The Kier molecular flexibility index (Phi) is 3.10. The van der Waals surface area contributed by atoms with Crippen LogP contribution in [0.4, 0.5) is 5.69 Å². The van der Waals surface area contributed by atoms with E-state index in [1.807, 2.05) is 18.4 Å². The molecule has 2 N–H and O–H groups in total. The van der Waals surface area contributed by atoms with E-state index in [0.717, 1.165) is 20.1 Å². The van der Waals surface area contributed by atoms with Gasteiger partial charge in [-0.3, -0.25) is 0 Å². The number of hydrogen-bond acceptors (Lipinski definition) is 2. The molecule has 1 rings (SSSR count). The maximum atomic E-state index is 5.90. The quantitative estimate of drug-likeness (QED) is 0.612. The van der Waals surface area contributed by atoms with E-state index in [0.29, 0.717) is 0 Å². The van der Waals surface area contributed by atoms with Crippen molar-refractivity contribution in [3.8, 4) is 0 Å². The molecule has 0 saturated heterocycles. The maximum absolute atomic E-state index is 5.90. The molecule has 0 unspecified atom stereocenters. The molecule has 0 bridgehead atoms. The second-order valence-corrected chi connectivity index (χ2v) is 4.12. The molecule has 60 valence electrons. The van der Waals surface area contributed by atoms with Crippen molar-refractivity contribution in [2.24, 2.45) is 0 Å². The lowest BCUT2D eigenvalue weighted by Gasteiger charge is -2.03. The molecule has 0 fully saturated rings. The van der Waals surface area contributed by atoms with Gasteiger partial charge in [0, 0.05) is 15.1 Å². The molecule has 0 aliphatic rings. The van der Waals surface area contributed by atoms with Gasteiger partial charge in [0.1, 0.15) is 0 Å². The first-order valence-electron chi connectivity index (χ1n) is 2.93. The Hall–Kier alpha value is 0.140. The van der Waals surface area contributed by atoms with Crippen LogP contribution in [0.25, 0.3) is 0 Å². The van der Waals surface area contributed by atoms with Gasteiger partial charge in [-0.05, 0) is 34.3 Å². The molecule has 0 radical (unpaired) electrons. The second-order valence-electron chi connectivity index (χ2n) is 2.01. The third kappa shape index (κ3) is 2.04. The van der Waals surface area contributed by atoms with E-state index in [-0.39, 0.29) is 0 Å². The molecule has 4 heteroatoms. The van der Waals surface area contributed by atoms with Crippen molar-refractivity contribution in [1.82, 2.24) is 0 Å². The van der Waals surface area contributed by atoms with Crippen molar-refractivity contribution in [2.45, 2.75) is 4.90 Å². The molecule has 0 atom stereocenters. The summed E-state index contributed by atoms with van der Waals surface area (Å²) in [6, 6.07) is 3.67. The van der Waals surface area contributed by atoms with Gasteiger partial charge >= 0.3 is 0 Å². The number of rotatable bonds is 1. The molecule has 0 aromatic heterocycles. The lowest BCUT2D eigenvalue weighted by Crippen LogP contribution is -1.87. The summed E-state index contributed by atoms with van der Waals surface area (Å²) in [4.78, 5) is 1.01. The van der Waals surface area contributed by atoms with Crippen LogP contribution in [0.3, 0.4) is 0 Å². The highest BCUT2D eigenvalue weighted by Gasteiger charge is 2.02. The summed E-state index contributed by atoms with van der Waals surface area (Å²) < 4.78 is 0.848. The van der Waals surface area contributed by atoms with Crippen molar-refractivity contribution in [3.63, 3.8) is 0 Å². The first-order chi connectivity index (χ1) is 5.15. The monoisotopic (exact) mass is 251 g/mol. The highest BCUT2D eigenvalue weighted by molar-refractivity contribution is 9.10. The molecule has 1 nitrogen and oxygen atoms in total. The van der Waals surface area contributed by atoms with Gasteiger partial charge in [0.2, 0.25) is 0 Å². The van der Waals surface area contributed by atoms with E-state index < -0.39 is 0 Å². The highest BCUT2D eigenvalue weighted by atomic mass is 79.9. The molecule has 0 amide bonds. The summed E-state index contributed by atoms with van der Waals surface area (Å²) in [7, 11) is 0. The Balaban J connectivity index is 3.21. The molecule has 0 heterocycles. The summed E-state index contributed by atoms with van der Waals surface area (Å²) in [6.45, 7) is 0. The van der Waals surface area contributed by atoms with Crippen molar-refractivity contribution < 1.29 is 0 Å². The molecule has 0 aliphatic carbocycles. The zero-order chi connectivity index (χ0) is 8.43. The van der Waals surface area contributed by atoms with Crippen LogP contribution in [0.2, 0.25) is 5.02 Å². The normalized spacial score (nSPS) is 10.1. The molecule has 11 heavy (non-hydrogen) atoms. The van der Waals surface area contributed by atoms with Gasteiger partial charge in [-0.2, -0.15) is 0 Å². The number of nitrogen functional groups attached to an aromatic ring is 1. The van der Waals surface area contributed by atoms with E-state index >= 15 is 0 Å². The van der Waals surface area contributed by atoms with Gasteiger partial charge in [-0.25, -0.2) is 0 Å². The SMILES string of the molecule is CSc1cc(N)c(Br)cc1Cl. The minimum Gasteiger partial charge on any atom is -0.398 e. The topological polar surface area (TPSA) is 26.0 Å². The Labute approximate surface area is 83.4 Å². The Morgan fingerprint density at radius 1 is 1.55 bits per heavy atom. The standard InChI is InChI=1S/C7H7BrClNS/c1-11-7-3-6(10)4(8)2-5(7)9/h2-3H,10H2,1H3. The summed E-state index contributed by atoms with van der Waals surface area (Å²) in [5.74, 6) is 0. The van der Waals surface area contributed by atoms with Gasteiger partial charge in [0.05, 0.1) is 5.02 Å². The van der Waals surface area contributed by atoms with E-state index in [1.54, 1.807) is 11.8 Å². The molecule has 0 saturated carbocycles. The second kappa shape index (κ2) is 3.70. The molecular formula is C7H7BrClNS. The fourth-order valence-electron chi connectivity index (χ4n) is 0.701. The minimum atomic E-state index is 0.721. The predicted molar refractivity (Wildman–Crippen MR) is 55.3 cm³/mol. The van der Waals surface area contributed by atoms with Crippen molar-refractivity contribution in [3.05, 3.63) is 21.6 Å². The van der Waals surface area contributed by atoms with Gasteiger partial charge in [0.25, 0.3) is 0 Å². The fraction of sp³-hybridized carbons (Fsp3) is 0.143. The number of halogens is 2. The molecule has 0 aliphatic heterocycles. The van der Waals surface area contributed by atoms with Crippen molar-refractivity contribution in [2.75, 3.05) is 12.0 Å². The molecule has 1 aromatic carbocycles. The van der Waals surface area contributed by atoms with Crippen LogP contribution >= 0.6 is 39.3 Å². The Morgan fingerprint density at radius 2 is 2.18 bits per heavy atom. The summed E-state index contributed by atoms with van der Waals surface area (Å²) >= 11 is 10.8. The number of hydrogen-bond donors (Lipinski definition) is 1. The van der Waals surface area contributed by atoms with Crippen LogP contribution in [-0.4, -0.2) is 6.26 Å². The number of thioether (sulfide) groups is 1. The van der Waals surface area contributed by atoms with Crippen molar-refractivity contribution >= 4 is 45.0 Å². The molecule has 1 aromatic rings. The van der Waals surface area contributed by atoms with Gasteiger partial charge in [0.15, 0.2) is 0 Å². The van der Waals surface area contributed by atoms with Gasteiger partial charge in [-0.1, -0.05) is 11.6 Å². The number of nitrogens with two attached hydrogens (primary N) is 1. The smallest absolute Gasteiger partial charge is 0.0554 e. The fourth-order valence-corrected chi connectivity index (χ4v) is 2.07. The largest absolute Gasteiger partial charge is 0.398 e. The third-order valence-electron chi connectivity index (χ3n) is 1.27. The summed E-state index contributed by atoms with van der Waals surface area (Å²) in [5, 5.41) is 0.735.